The summed E-state index contributed by atoms with van der Waals surface area (Å²) in [4.78, 5) is 22.9. The van der Waals surface area contributed by atoms with Crippen LogP contribution in [0, 0.1) is 48.5 Å². The Labute approximate surface area is 684 Å². The molecule has 1 aliphatic rings. The quantitative estimate of drug-likeness (QED) is 0.165. The molecule has 7 nitrogen and oxygen atoms in total. The first-order valence-electron chi connectivity index (χ1n) is 39.5. The third kappa shape index (κ3) is 17.4. The van der Waals surface area contributed by atoms with Crippen LogP contribution in [0.15, 0.2) is 381 Å². The minimum Gasteiger partial charge on any atom is -0.456 e. The topological polar surface area (TPSA) is 82.5 Å². The summed E-state index contributed by atoms with van der Waals surface area (Å²) in [7, 11) is 2.14. The molecule has 566 valence electrons. The van der Waals surface area contributed by atoms with E-state index in [9.17, 15) is 0 Å². The van der Waals surface area contributed by atoms with Gasteiger partial charge in [0.25, 0.3) is 0 Å². The lowest BCUT2D eigenvalue weighted by Gasteiger charge is -2.23. The average Bonchev–Trinajstić information content (AvgIpc) is 1.58. The minimum absolute atomic E-state index is 0.150. The first-order valence-corrected chi connectivity index (χ1v) is 40.3. The number of rotatable bonds is 6. The van der Waals surface area contributed by atoms with Crippen LogP contribution in [0.4, 0.5) is 0 Å². The SMILES string of the molecule is Cc1cc(-c2ccccc2)nc(-c2ccccc2)c1.Cc1cccc(-c2cccc(-c3ccccc3)n2)c1.Cc1cccc2c1C(C)(C)c1ccccc1-2.Cc1cccc2c1oc1ccccc12.Cc1cccc2c1sc1ccccc12.Cc1cccc2c3ccccc3n(C)c12.Cc1nc(-c2ccccc2)nc(-c2ccccc2)n1. The van der Waals surface area contributed by atoms with E-state index in [1.54, 1.807) is 0 Å². The summed E-state index contributed by atoms with van der Waals surface area (Å²) in [6.07, 6.45) is 0. The van der Waals surface area contributed by atoms with Crippen molar-refractivity contribution in [3.63, 3.8) is 0 Å². The predicted octanol–water partition coefficient (Wildman–Crippen LogP) is 29.2. The summed E-state index contributed by atoms with van der Waals surface area (Å²) in [5.41, 5.74) is 29.1. The Morgan fingerprint density at radius 3 is 1.37 bits per heavy atom. The van der Waals surface area contributed by atoms with Gasteiger partial charge in [0.05, 0.1) is 28.3 Å². The van der Waals surface area contributed by atoms with Crippen LogP contribution in [0.2, 0.25) is 0 Å². The van der Waals surface area contributed by atoms with E-state index < -0.39 is 0 Å². The molecule has 8 heteroatoms. The molecular weight excluding hydrogens is 1430 g/mol. The smallest absolute Gasteiger partial charge is 0.163 e. The molecule has 0 saturated heterocycles. The van der Waals surface area contributed by atoms with E-state index in [-0.39, 0.29) is 5.41 Å². The fourth-order valence-corrected chi connectivity index (χ4v) is 16.8. The van der Waals surface area contributed by atoms with Gasteiger partial charge in [0.2, 0.25) is 0 Å². The summed E-state index contributed by atoms with van der Waals surface area (Å²) < 4.78 is 10.9. The van der Waals surface area contributed by atoms with Gasteiger partial charge < -0.3 is 8.98 Å². The van der Waals surface area contributed by atoms with Crippen molar-refractivity contribution in [2.75, 3.05) is 0 Å². The average molecular weight is 1520 g/mol. The highest BCUT2D eigenvalue weighted by atomic mass is 32.1. The number of benzene rings is 14. The van der Waals surface area contributed by atoms with Crippen molar-refractivity contribution < 1.29 is 4.42 Å². The molecule has 116 heavy (non-hydrogen) atoms. The molecular formula is C108H92N6OS. The molecule has 0 N–H and O–H groups in total. The lowest BCUT2D eigenvalue weighted by Crippen LogP contribution is -2.16. The van der Waals surface area contributed by atoms with Gasteiger partial charge in [0.1, 0.15) is 17.0 Å². The molecule has 0 unspecified atom stereocenters. The van der Waals surface area contributed by atoms with E-state index in [4.69, 9.17) is 14.4 Å². The highest BCUT2D eigenvalue weighted by Crippen LogP contribution is 2.50. The van der Waals surface area contributed by atoms with Crippen LogP contribution >= 0.6 is 11.3 Å². The van der Waals surface area contributed by atoms with Gasteiger partial charge in [0.15, 0.2) is 11.6 Å². The molecule has 1 aliphatic carbocycles. The second kappa shape index (κ2) is 35.5. The lowest BCUT2D eigenvalue weighted by molar-refractivity contribution is 0.655. The van der Waals surface area contributed by atoms with Gasteiger partial charge in [0, 0.05) is 93.1 Å². The zero-order valence-electron chi connectivity index (χ0n) is 67.3. The molecule has 6 heterocycles. The van der Waals surface area contributed by atoms with Crippen LogP contribution in [-0.4, -0.2) is 29.5 Å². The van der Waals surface area contributed by atoms with Gasteiger partial charge in [-0.25, -0.2) is 24.9 Å². The molecule has 0 spiro atoms. The van der Waals surface area contributed by atoms with E-state index in [1.165, 1.54) is 108 Å². The zero-order chi connectivity index (χ0) is 80.1. The zero-order valence-corrected chi connectivity index (χ0v) is 68.1. The Morgan fingerprint density at radius 2 is 0.741 bits per heavy atom. The van der Waals surface area contributed by atoms with Gasteiger partial charge in [-0.05, 0) is 147 Å². The molecule has 0 aliphatic heterocycles. The van der Waals surface area contributed by atoms with Crippen LogP contribution in [0.1, 0.15) is 64.2 Å². The Kier molecular flexibility index (Phi) is 23.7. The van der Waals surface area contributed by atoms with E-state index >= 15 is 0 Å². The summed E-state index contributed by atoms with van der Waals surface area (Å²) in [6.45, 7) is 19.4. The standard InChI is InChI=1S/2C18H15N.C16H13N3.C16H16.C14H13N.C13H10O.C13H10S/c1-14-12-17(15-8-4-2-5-9-15)19-18(13-14)16-10-6-3-7-11-16;1-14-7-5-10-16(13-14)18-12-6-11-17(19-18)15-8-3-2-4-9-15;1-12-17-15(13-8-4-2-5-9-13)19-16(18-12)14-10-6-3-7-11-14;1-11-7-6-9-13-12-8-4-5-10-14(12)16(2,3)15(11)13;1-10-6-5-8-12-11-7-3-4-9-13(11)15(2)14(10)12;2*1-9-5-4-7-11-10-6-2-3-8-12(10)14-13(9)11/h2*2-13H,1H3;2-11H,1H3;4-10H,1-3H3;3-9H,1-2H3;2*2-8H,1H3. The van der Waals surface area contributed by atoms with Crippen LogP contribution in [0.5, 0.6) is 0 Å². The maximum Gasteiger partial charge on any atom is 0.163 e. The second-order valence-electron chi connectivity index (χ2n) is 29.9. The van der Waals surface area contributed by atoms with Crippen molar-refractivity contribution in [1.82, 2.24) is 29.5 Å². The van der Waals surface area contributed by atoms with Crippen molar-refractivity contribution in [3.05, 3.63) is 426 Å². The Hall–Kier alpha value is -13.8. The molecule has 20 aromatic rings. The first kappa shape index (κ1) is 77.5. The van der Waals surface area contributed by atoms with Gasteiger partial charge in [-0.3, -0.25) is 0 Å². The number of aryl methyl sites for hydroxylation is 8. The predicted molar refractivity (Wildman–Crippen MR) is 492 cm³/mol. The molecule has 0 amide bonds. The van der Waals surface area contributed by atoms with Crippen LogP contribution in [-0.2, 0) is 12.5 Å². The Bertz CT molecular complexity index is 6420. The number of nitrogens with zero attached hydrogens (tertiary/aromatic N) is 6. The molecule has 0 atom stereocenters. The van der Waals surface area contributed by atoms with Gasteiger partial charge in [-0.2, -0.15) is 0 Å². The van der Waals surface area contributed by atoms with Crippen LogP contribution in [0.25, 0.3) is 143 Å². The fourth-order valence-electron chi connectivity index (χ4n) is 15.6. The number of para-hydroxylation sites is 4. The monoisotopic (exact) mass is 1520 g/mol. The minimum atomic E-state index is 0.150. The summed E-state index contributed by atoms with van der Waals surface area (Å²) in [5.74, 6) is 2.16. The van der Waals surface area contributed by atoms with E-state index in [0.29, 0.717) is 11.6 Å². The van der Waals surface area contributed by atoms with Gasteiger partial charge in [-0.15, -0.1) is 11.3 Å². The summed E-state index contributed by atoms with van der Waals surface area (Å²) in [5, 5.41) is 7.89. The molecule has 0 fully saturated rings. The normalized spacial score (nSPS) is 11.4. The highest BCUT2D eigenvalue weighted by molar-refractivity contribution is 7.26. The maximum atomic E-state index is 5.78. The lowest BCUT2D eigenvalue weighted by atomic mass is 9.80. The molecule has 21 rings (SSSR count). The van der Waals surface area contributed by atoms with Gasteiger partial charge >= 0.3 is 0 Å². The number of furan rings is 1. The largest absolute Gasteiger partial charge is 0.456 e. The molecule has 0 radical (unpaired) electrons. The van der Waals surface area contributed by atoms with Gasteiger partial charge in [-0.1, -0.05) is 347 Å². The van der Waals surface area contributed by atoms with Crippen molar-refractivity contribution in [1.29, 1.82) is 0 Å². The number of pyridine rings is 2. The van der Waals surface area contributed by atoms with Crippen molar-refractivity contribution in [2.24, 2.45) is 7.05 Å². The van der Waals surface area contributed by atoms with Crippen molar-refractivity contribution in [3.8, 4) is 78.9 Å². The first-order chi connectivity index (χ1) is 56.6. The second-order valence-corrected chi connectivity index (χ2v) is 30.9. The third-order valence-corrected chi connectivity index (χ3v) is 22.5. The molecule has 6 aromatic heterocycles. The molecule has 14 aromatic carbocycles. The molecule has 0 bridgehead atoms. The van der Waals surface area contributed by atoms with E-state index in [0.717, 1.165) is 73.1 Å². The van der Waals surface area contributed by atoms with Crippen LogP contribution in [0.3, 0.4) is 0 Å². The number of fused-ring (bicyclic) bond motifs is 12. The number of thiophene rings is 1. The highest BCUT2D eigenvalue weighted by Gasteiger charge is 2.36. The van der Waals surface area contributed by atoms with Crippen LogP contribution < -0.4 is 0 Å². The maximum absolute atomic E-state index is 5.78. The van der Waals surface area contributed by atoms with Crippen molar-refractivity contribution >= 4 is 75.3 Å². The van der Waals surface area contributed by atoms with E-state index in [1.807, 2.05) is 152 Å². The summed E-state index contributed by atoms with van der Waals surface area (Å²) >= 11 is 1.89. The summed E-state index contributed by atoms with van der Waals surface area (Å²) in [6, 6.07) is 130. The Balaban J connectivity index is 0.000000107. The number of hydrogen-bond acceptors (Lipinski definition) is 7. The Morgan fingerprint density at radius 1 is 0.302 bits per heavy atom. The third-order valence-electron chi connectivity index (χ3n) is 21.2. The molecule has 0 saturated carbocycles. The number of hydrogen-bond donors (Lipinski definition) is 0. The van der Waals surface area contributed by atoms with Crippen molar-refractivity contribution in [2.45, 2.75) is 67.7 Å². The fraction of sp³-hybridized carbons (Fsp3) is 0.102. The number of aromatic nitrogens is 6. The van der Waals surface area contributed by atoms with E-state index in [2.05, 4.69) is 325 Å².